The topological polar surface area (TPSA) is 97.8 Å². The molecule has 0 radical (unpaired) electrons. The molecule has 2 heterocycles. The standard InChI is InChI=1S/C28H28FNO6S2/c29-24-8-12-26(13-9-24)38(34,35)28(15-16-30(20-28)27(31)22-14-17-37(32,33)19-22)23-6-10-25(11-7-23)36-18-21-4-2-1-3-5-21/h1-13,22H,14-20H2. The van der Waals surface area contributed by atoms with Crippen LogP contribution in [0.15, 0.2) is 83.8 Å². The Morgan fingerprint density at radius 1 is 1.00 bits per heavy atom. The number of rotatable bonds is 7. The highest BCUT2D eigenvalue weighted by atomic mass is 32.2. The van der Waals surface area contributed by atoms with Crippen molar-refractivity contribution < 1.29 is 30.8 Å². The second kappa shape index (κ2) is 10.1. The molecule has 3 aromatic carbocycles. The van der Waals surface area contributed by atoms with Crippen LogP contribution in [0, 0.1) is 11.7 Å². The molecular weight excluding hydrogens is 529 g/mol. The molecule has 2 fully saturated rings. The molecule has 2 unspecified atom stereocenters. The maximum absolute atomic E-state index is 14.1. The minimum Gasteiger partial charge on any atom is -0.489 e. The fourth-order valence-corrected chi connectivity index (χ4v) is 9.07. The summed E-state index contributed by atoms with van der Waals surface area (Å²) in [7, 11) is -7.34. The van der Waals surface area contributed by atoms with Gasteiger partial charge in [0, 0.05) is 13.1 Å². The van der Waals surface area contributed by atoms with E-state index in [0.717, 1.165) is 17.7 Å². The van der Waals surface area contributed by atoms with Crippen molar-refractivity contribution >= 4 is 25.6 Å². The molecule has 0 spiro atoms. The number of benzene rings is 3. The van der Waals surface area contributed by atoms with Gasteiger partial charge in [-0.2, -0.15) is 0 Å². The molecule has 5 rings (SSSR count). The fourth-order valence-electron chi connectivity index (χ4n) is 5.26. The fraction of sp³-hybridized carbons (Fsp3) is 0.321. The number of carbonyl (C=O) groups excluding carboxylic acids is 1. The van der Waals surface area contributed by atoms with Gasteiger partial charge in [0.1, 0.15) is 22.9 Å². The van der Waals surface area contributed by atoms with Crippen LogP contribution in [-0.4, -0.2) is 52.2 Å². The molecule has 2 saturated heterocycles. The summed E-state index contributed by atoms with van der Waals surface area (Å²) < 4.78 is 70.0. The summed E-state index contributed by atoms with van der Waals surface area (Å²) in [6.07, 6.45) is 0.366. The number of nitrogens with zero attached hydrogens (tertiary/aromatic N) is 1. The lowest BCUT2D eigenvalue weighted by Gasteiger charge is -2.30. The van der Waals surface area contributed by atoms with Gasteiger partial charge in [-0.1, -0.05) is 42.5 Å². The molecule has 7 nitrogen and oxygen atoms in total. The lowest BCUT2D eigenvalue weighted by atomic mass is 9.97. The number of amides is 1. The Morgan fingerprint density at radius 2 is 1.68 bits per heavy atom. The van der Waals surface area contributed by atoms with Gasteiger partial charge in [-0.25, -0.2) is 21.2 Å². The lowest BCUT2D eigenvalue weighted by Crippen LogP contribution is -2.42. The third-order valence-corrected chi connectivity index (χ3v) is 11.7. The van der Waals surface area contributed by atoms with Gasteiger partial charge < -0.3 is 9.64 Å². The molecule has 0 saturated carbocycles. The number of carbonyl (C=O) groups is 1. The Kier molecular flexibility index (Phi) is 7.04. The van der Waals surface area contributed by atoms with E-state index < -0.39 is 36.2 Å². The molecule has 0 bridgehead atoms. The van der Waals surface area contributed by atoms with E-state index in [0.29, 0.717) is 17.9 Å². The van der Waals surface area contributed by atoms with Crippen molar-refractivity contribution in [1.82, 2.24) is 4.90 Å². The highest BCUT2D eigenvalue weighted by molar-refractivity contribution is 7.92. The van der Waals surface area contributed by atoms with Gasteiger partial charge in [-0.05, 0) is 60.4 Å². The average molecular weight is 558 g/mol. The summed E-state index contributed by atoms with van der Waals surface area (Å²) in [6.45, 7) is 0.403. The molecule has 0 aromatic heterocycles. The zero-order chi connectivity index (χ0) is 27.0. The molecule has 10 heteroatoms. The summed E-state index contributed by atoms with van der Waals surface area (Å²) in [5, 5.41) is 0. The van der Waals surface area contributed by atoms with Crippen LogP contribution in [-0.2, 0) is 35.8 Å². The number of hydrogen-bond donors (Lipinski definition) is 0. The van der Waals surface area contributed by atoms with Gasteiger partial charge in [0.15, 0.2) is 19.7 Å². The predicted octanol–water partition coefficient (Wildman–Crippen LogP) is 3.74. The highest BCUT2D eigenvalue weighted by Gasteiger charge is 2.53. The summed E-state index contributed by atoms with van der Waals surface area (Å²) >= 11 is 0. The van der Waals surface area contributed by atoms with Crippen LogP contribution in [0.3, 0.4) is 0 Å². The van der Waals surface area contributed by atoms with Gasteiger partial charge in [-0.3, -0.25) is 4.79 Å². The van der Waals surface area contributed by atoms with Gasteiger partial charge in [0.05, 0.1) is 22.3 Å². The van der Waals surface area contributed by atoms with E-state index in [1.165, 1.54) is 17.0 Å². The Bertz CT molecular complexity index is 1520. The second-order valence-electron chi connectivity index (χ2n) is 9.86. The molecule has 0 aliphatic carbocycles. The van der Waals surface area contributed by atoms with Gasteiger partial charge >= 0.3 is 0 Å². The van der Waals surface area contributed by atoms with Crippen molar-refractivity contribution in [2.75, 3.05) is 24.6 Å². The van der Waals surface area contributed by atoms with Crippen LogP contribution in [0.1, 0.15) is 24.0 Å². The van der Waals surface area contributed by atoms with E-state index in [1.54, 1.807) is 24.3 Å². The average Bonchev–Trinajstić information content (AvgIpc) is 3.53. The summed E-state index contributed by atoms with van der Waals surface area (Å²) in [5.74, 6) is -1.26. The molecular formula is C28H28FNO6S2. The van der Waals surface area contributed by atoms with E-state index in [2.05, 4.69) is 0 Å². The Hall–Kier alpha value is -3.24. The first-order valence-corrected chi connectivity index (χ1v) is 15.7. The second-order valence-corrected chi connectivity index (χ2v) is 14.3. The number of likely N-dealkylation sites (tertiary alicyclic amines) is 1. The van der Waals surface area contributed by atoms with Gasteiger partial charge in [0.25, 0.3) is 0 Å². The first kappa shape index (κ1) is 26.4. The minimum absolute atomic E-state index is 0.0407. The molecule has 2 aliphatic heterocycles. The molecule has 0 N–H and O–H groups in total. The number of hydrogen-bond acceptors (Lipinski definition) is 6. The Labute approximate surface area is 222 Å². The minimum atomic E-state index is -4.07. The van der Waals surface area contributed by atoms with Crippen molar-refractivity contribution in [2.45, 2.75) is 29.1 Å². The third kappa shape index (κ3) is 5.07. The molecule has 200 valence electrons. The zero-order valence-electron chi connectivity index (χ0n) is 20.6. The molecule has 1 amide bonds. The largest absolute Gasteiger partial charge is 0.489 e. The lowest BCUT2D eigenvalue weighted by molar-refractivity contribution is -0.133. The van der Waals surface area contributed by atoms with E-state index >= 15 is 0 Å². The molecule has 2 atom stereocenters. The SMILES string of the molecule is O=C(C1CCS(=O)(=O)C1)N1CCC(c2ccc(OCc3ccccc3)cc2)(S(=O)(=O)c2ccc(F)cc2)C1. The van der Waals surface area contributed by atoms with E-state index in [4.69, 9.17) is 4.74 Å². The van der Waals surface area contributed by atoms with Gasteiger partial charge in [0.2, 0.25) is 5.91 Å². The van der Waals surface area contributed by atoms with Crippen molar-refractivity contribution in [2.24, 2.45) is 5.92 Å². The number of sulfone groups is 2. The summed E-state index contributed by atoms with van der Waals surface area (Å²) in [4.78, 5) is 14.7. The number of ether oxygens (including phenoxy) is 1. The van der Waals surface area contributed by atoms with Crippen molar-refractivity contribution in [1.29, 1.82) is 0 Å². The van der Waals surface area contributed by atoms with Crippen molar-refractivity contribution in [3.8, 4) is 5.75 Å². The van der Waals surface area contributed by atoms with Crippen LogP contribution in [0.4, 0.5) is 4.39 Å². The van der Waals surface area contributed by atoms with Crippen LogP contribution in [0.2, 0.25) is 0 Å². The summed E-state index contributed by atoms with van der Waals surface area (Å²) in [5.41, 5.74) is 1.48. The Balaban J connectivity index is 1.45. The monoisotopic (exact) mass is 557 g/mol. The number of halogens is 1. The first-order chi connectivity index (χ1) is 18.1. The van der Waals surface area contributed by atoms with Crippen LogP contribution in [0.5, 0.6) is 5.75 Å². The van der Waals surface area contributed by atoms with E-state index in [9.17, 15) is 26.0 Å². The van der Waals surface area contributed by atoms with Crippen molar-refractivity contribution in [3.63, 3.8) is 0 Å². The highest BCUT2D eigenvalue weighted by Crippen LogP contribution is 2.44. The normalized spacial score (nSPS) is 22.9. The van der Waals surface area contributed by atoms with Gasteiger partial charge in [-0.15, -0.1) is 0 Å². The van der Waals surface area contributed by atoms with Crippen LogP contribution < -0.4 is 4.74 Å². The smallest absolute Gasteiger partial charge is 0.226 e. The summed E-state index contributed by atoms with van der Waals surface area (Å²) in [6, 6.07) is 21.1. The van der Waals surface area contributed by atoms with E-state index in [1.807, 2.05) is 30.3 Å². The zero-order valence-corrected chi connectivity index (χ0v) is 22.3. The maximum Gasteiger partial charge on any atom is 0.226 e. The molecule has 38 heavy (non-hydrogen) atoms. The molecule has 2 aliphatic rings. The van der Waals surface area contributed by atoms with Crippen LogP contribution in [0.25, 0.3) is 0 Å². The molecule has 3 aromatic rings. The third-order valence-electron chi connectivity index (χ3n) is 7.39. The Morgan fingerprint density at radius 3 is 2.32 bits per heavy atom. The van der Waals surface area contributed by atoms with Crippen molar-refractivity contribution in [3.05, 3.63) is 95.8 Å². The quantitative estimate of drug-likeness (QED) is 0.411. The van der Waals surface area contributed by atoms with E-state index in [-0.39, 0.29) is 48.2 Å². The van der Waals surface area contributed by atoms with Crippen LogP contribution >= 0.6 is 0 Å². The maximum atomic E-state index is 14.1. The first-order valence-electron chi connectivity index (χ1n) is 12.4. The predicted molar refractivity (Wildman–Crippen MR) is 140 cm³/mol.